The Balaban J connectivity index is 1.30. The zero-order valence-corrected chi connectivity index (χ0v) is 19.8. The Bertz CT molecular complexity index is 1190. The van der Waals surface area contributed by atoms with Crippen LogP contribution in [-0.2, 0) is 19.6 Å². The van der Waals surface area contributed by atoms with E-state index >= 15 is 0 Å². The van der Waals surface area contributed by atoms with Crippen LogP contribution in [0, 0.1) is 0 Å². The summed E-state index contributed by atoms with van der Waals surface area (Å²) in [6.07, 6.45) is 0.982. The molecule has 34 heavy (non-hydrogen) atoms. The van der Waals surface area contributed by atoms with Gasteiger partial charge in [0.15, 0.2) is 6.10 Å². The molecule has 2 N–H and O–H groups in total. The molecule has 1 heterocycles. The second-order valence-electron chi connectivity index (χ2n) is 8.15. The monoisotopic (exact) mass is 480 g/mol. The summed E-state index contributed by atoms with van der Waals surface area (Å²) >= 11 is 0. The van der Waals surface area contributed by atoms with Crippen molar-refractivity contribution in [3.05, 3.63) is 78.9 Å². The van der Waals surface area contributed by atoms with Gasteiger partial charge in [0.2, 0.25) is 10.0 Å². The molecule has 1 aliphatic heterocycles. The van der Waals surface area contributed by atoms with Crippen LogP contribution in [-0.4, -0.2) is 39.7 Å². The number of anilines is 1. The predicted octanol–water partition coefficient (Wildman–Crippen LogP) is 4.22. The van der Waals surface area contributed by atoms with Gasteiger partial charge in [-0.3, -0.25) is 4.79 Å². The molecule has 1 fully saturated rings. The molecule has 3 aromatic carbocycles. The van der Waals surface area contributed by atoms with Crippen molar-refractivity contribution in [3.63, 3.8) is 0 Å². The Kier molecular flexibility index (Phi) is 7.62. The smallest absolute Gasteiger partial charge is 0.265 e. The van der Waals surface area contributed by atoms with Crippen LogP contribution >= 0.6 is 0 Å². The van der Waals surface area contributed by atoms with Crippen molar-refractivity contribution < 1.29 is 22.7 Å². The van der Waals surface area contributed by atoms with Crippen LogP contribution in [0.5, 0.6) is 5.75 Å². The molecule has 0 saturated carbocycles. The molecule has 0 aromatic heterocycles. The maximum atomic E-state index is 12.6. The summed E-state index contributed by atoms with van der Waals surface area (Å²) in [6, 6.07) is 23.6. The fourth-order valence-electron chi connectivity index (χ4n) is 3.67. The number of rotatable bonds is 9. The fraction of sp³-hybridized carbons (Fsp3) is 0.269. The van der Waals surface area contributed by atoms with Crippen molar-refractivity contribution >= 4 is 21.6 Å². The minimum absolute atomic E-state index is 0.0793. The van der Waals surface area contributed by atoms with Crippen molar-refractivity contribution in [1.29, 1.82) is 0 Å². The van der Waals surface area contributed by atoms with Crippen molar-refractivity contribution in [2.75, 3.05) is 18.5 Å². The average Bonchev–Trinajstić information content (AvgIpc) is 3.38. The lowest BCUT2D eigenvalue weighted by atomic mass is 10.1. The van der Waals surface area contributed by atoms with Gasteiger partial charge in [-0.15, -0.1) is 0 Å². The van der Waals surface area contributed by atoms with E-state index < -0.39 is 16.1 Å². The van der Waals surface area contributed by atoms with Gasteiger partial charge in [0.1, 0.15) is 5.75 Å². The van der Waals surface area contributed by atoms with Gasteiger partial charge in [-0.05, 0) is 67.3 Å². The Morgan fingerprint density at radius 1 is 1.00 bits per heavy atom. The van der Waals surface area contributed by atoms with Crippen LogP contribution in [0.15, 0.2) is 83.8 Å². The SMILES string of the molecule is CC(Oc1ccc(-c2ccccc2)cc1)C(=O)Nc1ccc(S(=O)(=O)NCC2CCCO2)cc1. The van der Waals surface area contributed by atoms with Crippen LogP contribution in [0.2, 0.25) is 0 Å². The number of benzene rings is 3. The molecule has 8 heteroatoms. The molecule has 2 unspecified atom stereocenters. The van der Waals surface area contributed by atoms with Crippen molar-refractivity contribution in [2.24, 2.45) is 0 Å². The molecule has 2 atom stereocenters. The zero-order valence-electron chi connectivity index (χ0n) is 18.9. The Labute approximate surface area is 200 Å². The molecule has 0 spiro atoms. The summed E-state index contributed by atoms with van der Waals surface area (Å²) in [5.41, 5.74) is 2.65. The summed E-state index contributed by atoms with van der Waals surface area (Å²) < 4.78 is 38.7. The number of carbonyl (C=O) groups excluding carboxylic acids is 1. The van der Waals surface area contributed by atoms with Crippen LogP contribution in [0.25, 0.3) is 11.1 Å². The second kappa shape index (κ2) is 10.8. The van der Waals surface area contributed by atoms with Crippen LogP contribution < -0.4 is 14.8 Å². The third-order valence-electron chi connectivity index (χ3n) is 5.60. The van der Waals surface area contributed by atoms with E-state index in [0.717, 1.165) is 24.0 Å². The number of carbonyl (C=O) groups is 1. The zero-order chi connectivity index (χ0) is 24.0. The van der Waals surface area contributed by atoms with Gasteiger partial charge < -0.3 is 14.8 Å². The highest BCUT2D eigenvalue weighted by atomic mass is 32.2. The molecule has 0 radical (unpaired) electrons. The number of nitrogens with one attached hydrogen (secondary N) is 2. The van der Waals surface area contributed by atoms with E-state index in [4.69, 9.17) is 9.47 Å². The van der Waals surface area contributed by atoms with Gasteiger partial charge in [-0.25, -0.2) is 13.1 Å². The van der Waals surface area contributed by atoms with E-state index in [2.05, 4.69) is 10.0 Å². The molecule has 0 bridgehead atoms. The molecule has 1 amide bonds. The largest absolute Gasteiger partial charge is 0.481 e. The first kappa shape index (κ1) is 23.9. The van der Waals surface area contributed by atoms with Crippen molar-refractivity contribution in [3.8, 4) is 16.9 Å². The van der Waals surface area contributed by atoms with Gasteiger partial charge in [0, 0.05) is 18.8 Å². The van der Waals surface area contributed by atoms with E-state index in [9.17, 15) is 13.2 Å². The van der Waals surface area contributed by atoms with Crippen LogP contribution in [0.1, 0.15) is 19.8 Å². The minimum atomic E-state index is -3.64. The Morgan fingerprint density at radius 2 is 1.68 bits per heavy atom. The molecule has 1 saturated heterocycles. The highest BCUT2D eigenvalue weighted by Gasteiger charge is 2.21. The van der Waals surface area contributed by atoms with E-state index in [1.165, 1.54) is 12.1 Å². The highest BCUT2D eigenvalue weighted by Crippen LogP contribution is 2.23. The fourth-order valence-corrected chi connectivity index (χ4v) is 4.73. The third kappa shape index (κ3) is 6.22. The average molecular weight is 481 g/mol. The van der Waals surface area contributed by atoms with Crippen LogP contribution in [0.3, 0.4) is 0 Å². The van der Waals surface area contributed by atoms with Gasteiger partial charge in [-0.2, -0.15) is 0 Å². The lowest BCUT2D eigenvalue weighted by molar-refractivity contribution is -0.122. The number of hydrogen-bond donors (Lipinski definition) is 2. The summed E-state index contributed by atoms with van der Waals surface area (Å²) in [5.74, 6) is 0.250. The topological polar surface area (TPSA) is 93.7 Å². The first-order valence-electron chi connectivity index (χ1n) is 11.2. The van der Waals surface area contributed by atoms with Gasteiger partial charge in [0.25, 0.3) is 5.91 Å². The lowest BCUT2D eigenvalue weighted by Gasteiger charge is -2.15. The first-order chi connectivity index (χ1) is 16.4. The maximum Gasteiger partial charge on any atom is 0.265 e. The molecule has 7 nitrogen and oxygen atoms in total. The molecule has 3 aromatic rings. The molecule has 0 aliphatic carbocycles. The van der Waals surface area contributed by atoms with E-state index in [1.54, 1.807) is 19.1 Å². The summed E-state index contributed by atoms with van der Waals surface area (Å²) in [5, 5.41) is 2.76. The van der Waals surface area contributed by atoms with Crippen molar-refractivity contribution in [1.82, 2.24) is 4.72 Å². The molecule has 1 aliphatic rings. The van der Waals surface area contributed by atoms with E-state index in [0.29, 0.717) is 18.0 Å². The van der Waals surface area contributed by atoms with Gasteiger partial charge >= 0.3 is 0 Å². The van der Waals surface area contributed by atoms with Crippen LogP contribution in [0.4, 0.5) is 5.69 Å². The maximum absolute atomic E-state index is 12.6. The summed E-state index contributed by atoms with van der Waals surface area (Å²) in [6.45, 7) is 2.58. The van der Waals surface area contributed by atoms with Crippen molar-refractivity contribution in [2.45, 2.75) is 36.9 Å². The van der Waals surface area contributed by atoms with E-state index in [1.807, 2.05) is 54.6 Å². The summed E-state index contributed by atoms with van der Waals surface area (Å²) in [4.78, 5) is 12.7. The lowest BCUT2D eigenvalue weighted by Crippen LogP contribution is -2.32. The van der Waals surface area contributed by atoms with E-state index in [-0.39, 0.29) is 23.5 Å². The number of sulfonamides is 1. The number of amides is 1. The highest BCUT2D eigenvalue weighted by molar-refractivity contribution is 7.89. The number of ether oxygens (including phenoxy) is 2. The standard InChI is InChI=1S/C26H28N2O5S/c1-19(33-23-13-9-21(10-14-23)20-6-3-2-4-7-20)26(29)28-22-11-15-25(16-12-22)34(30,31)27-18-24-8-5-17-32-24/h2-4,6-7,9-16,19,24,27H,5,8,17-18H2,1H3,(H,28,29). The Morgan fingerprint density at radius 3 is 2.32 bits per heavy atom. The predicted molar refractivity (Wildman–Crippen MR) is 131 cm³/mol. The quantitative estimate of drug-likeness (QED) is 0.478. The molecule has 178 valence electrons. The molecular weight excluding hydrogens is 452 g/mol. The molecule has 4 rings (SSSR count). The third-order valence-corrected chi connectivity index (χ3v) is 7.04. The number of hydrogen-bond acceptors (Lipinski definition) is 5. The second-order valence-corrected chi connectivity index (χ2v) is 9.92. The van der Waals surface area contributed by atoms with Gasteiger partial charge in [0.05, 0.1) is 11.0 Å². The first-order valence-corrected chi connectivity index (χ1v) is 12.7. The minimum Gasteiger partial charge on any atom is -0.481 e. The Hall–Kier alpha value is -3.20. The van der Waals surface area contributed by atoms with Gasteiger partial charge in [-0.1, -0.05) is 42.5 Å². The normalized spacial score (nSPS) is 16.7. The molecular formula is C26H28N2O5S. The summed E-state index contributed by atoms with van der Waals surface area (Å²) in [7, 11) is -3.64.